The minimum atomic E-state index is -0.176. The summed E-state index contributed by atoms with van der Waals surface area (Å²) in [4.78, 5) is 13.9. The minimum Gasteiger partial charge on any atom is -0.460 e. The number of carbonyl (C=O) groups is 1. The fraction of sp³-hybridized carbons (Fsp3) is 0.533. The van der Waals surface area contributed by atoms with E-state index in [0.717, 1.165) is 18.7 Å². The fourth-order valence-corrected chi connectivity index (χ4v) is 2.38. The van der Waals surface area contributed by atoms with Crippen LogP contribution in [-0.2, 0) is 20.9 Å². The van der Waals surface area contributed by atoms with Gasteiger partial charge in [0.05, 0.1) is 18.8 Å². The van der Waals surface area contributed by atoms with Gasteiger partial charge in [-0.15, -0.1) is 0 Å². The van der Waals surface area contributed by atoms with Crippen molar-refractivity contribution in [2.45, 2.75) is 32.7 Å². The Labute approximate surface area is 114 Å². The molecule has 2 unspecified atom stereocenters. The van der Waals surface area contributed by atoms with Crippen LogP contribution < -0.4 is 0 Å². The fourth-order valence-electron chi connectivity index (χ4n) is 2.38. The van der Waals surface area contributed by atoms with Crippen molar-refractivity contribution in [1.82, 2.24) is 4.90 Å². The third kappa shape index (κ3) is 4.65. The summed E-state index contributed by atoms with van der Waals surface area (Å²) in [7, 11) is 0. The molecular weight excluding hydrogens is 242 g/mol. The van der Waals surface area contributed by atoms with Crippen LogP contribution in [-0.4, -0.2) is 42.7 Å². The van der Waals surface area contributed by atoms with Gasteiger partial charge in [0, 0.05) is 13.1 Å². The summed E-state index contributed by atoms with van der Waals surface area (Å²) in [5.74, 6) is -0.176. The SMILES string of the molecule is CC1CN(CC(=O)OCc2ccccc2)CC(C)O1. The molecule has 2 atom stereocenters. The first kappa shape index (κ1) is 14.0. The van der Waals surface area contributed by atoms with Gasteiger partial charge in [0.2, 0.25) is 0 Å². The van der Waals surface area contributed by atoms with Crippen molar-refractivity contribution in [1.29, 1.82) is 0 Å². The molecule has 1 heterocycles. The Balaban J connectivity index is 1.75. The second kappa shape index (κ2) is 6.68. The molecule has 0 spiro atoms. The molecule has 1 aliphatic rings. The summed E-state index contributed by atoms with van der Waals surface area (Å²) < 4.78 is 10.9. The highest BCUT2D eigenvalue weighted by Gasteiger charge is 2.24. The summed E-state index contributed by atoms with van der Waals surface area (Å²) in [5, 5.41) is 0. The van der Waals surface area contributed by atoms with E-state index in [9.17, 15) is 4.79 Å². The maximum absolute atomic E-state index is 11.8. The van der Waals surface area contributed by atoms with E-state index in [1.165, 1.54) is 0 Å². The highest BCUT2D eigenvalue weighted by Crippen LogP contribution is 2.10. The van der Waals surface area contributed by atoms with Crippen LogP contribution in [0.25, 0.3) is 0 Å². The number of hydrogen-bond acceptors (Lipinski definition) is 4. The lowest BCUT2D eigenvalue weighted by Crippen LogP contribution is -2.47. The Hall–Kier alpha value is -1.39. The summed E-state index contributed by atoms with van der Waals surface area (Å²) in [5.41, 5.74) is 1.01. The Kier molecular flexibility index (Phi) is 4.93. The quantitative estimate of drug-likeness (QED) is 0.777. The molecule has 4 nitrogen and oxygen atoms in total. The van der Waals surface area contributed by atoms with Crippen LogP contribution in [0, 0.1) is 0 Å². The zero-order chi connectivity index (χ0) is 13.7. The van der Waals surface area contributed by atoms with E-state index in [1.807, 2.05) is 44.2 Å². The van der Waals surface area contributed by atoms with Crippen LogP contribution in [0.1, 0.15) is 19.4 Å². The molecule has 104 valence electrons. The number of morpholine rings is 1. The van der Waals surface area contributed by atoms with Crippen LogP contribution >= 0.6 is 0 Å². The first-order chi connectivity index (χ1) is 9.13. The summed E-state index contributed by atoms with van der Waals surface area (Å²) >= 11 is 0. The van der Waals surface area contributed by atoms with Gasteiger partial charge in [0.1, 0.15) is 6.61 Å². The first-order valence-electron chi connectivity index (χ1n) is 6.71. The van der Waals surface area contributed by atoms with Gasteiger partial charge < -0.3 is 9.47 Å². The van der Waals surface area contributed by atoms with Crippen LogP contribution in [0.4, 0.5) is 0 Å². The molecule has 1 saturated heterocycles. The Morgan fingerprint density at radius 3 is 2.53 bits per heavy atom. The molecule has 0 aromatic heterocycles. The summed E-state index contributed by atoms with van der Waals surface area (Å²) in [6.07, 6.45) is 0.344. The smallest absolute Gasteiger partial charge is 0.320 e. The molecule has 1 aromatic rings. The molecule has 0 bridgehead atoms. The molecule has 0 N–H and O–H groups in total. The predicted molar refractivity (Wildman–Crippen MR) is 72.7 cm³/mol. The van der Waals surface area contributed by atoms with Gasteiger partial charge in [-0.1, -0.05) is 30.3 Å². The standard InChI is InChI=1S/C15H21NO3/c1-12-8-16(9-13(2)19-12)10-15(17)18-11-14-6-4-3-5-7-14/h3-7,12-13H,8-11H2,1-2H3. The van der Waals surface area contributed by atoms with E-state index in [4.69, 9.17) is 9.47 Å². The van der Waals surface area contributed by atoms with E-state index in [-0.39, 0.29) is 18.2 Å². The predicted octanol–water partition coefficient (Wildman–Crippen LogP) is 1.84. The zero-order valence-corrected chi connectivity index (χ0v) is 11.5. The van der Waals surface area contributed by atoms with Crippen molar-refractivity contribution in [3.63, 3.8) is 0 Å². The van der Waals surface area contributed by atoms with Gasteiger partial charge in [-0.3, -0.25) is 9.69 Å². The van der Waals surface area contributed by atoms with Crippen molar-refractivity contribution < 1.29 is 14.3 Å². The maximum Gasteiger partial charge on any atom is 0.320 e. The average molecular weight is 263 g/mol. The topological polar surface area (TPSA) is 38.8 Å². The van der Waals surface area contributed by atoms with Crippen LogP contribution in [0.3, 0.4) is 0 Å². The third-order valence-corrected chi connectivity index (χ3v) is 3.09. The van der Waals surface area contributed by atoms with E-state index in [1.54, 1.807) is 0 Å². The van der Waals surface area contributed by atoms with Crippen molar-refractivity contribution in [2.24, 2.45) is 0 Å². The molecule has 19 heavy (non-hydrogen) atoms. The van der Waals surface area contributed by atoms with E-state index in [2.05, 4.69) is 4.90 Å². The Bertz CT molecular complexity index is 397. The first-order valence-corrected chi connectivity index (χ1v) is 6.71. The molecule has 2 rings (SSSR count). The Morgan fingerprint density at radius 1 is 1.26 bits per heavy atom. The van der Waals surface area contributed by atoms with Crippen molar-refractivity contribution >= 4 is 5.97 Å². The van der Waals surface area contributed by atoms with E-state index >= 15 is 0 Å². The van der Waals surface area contributed by atoms with Gasteiger partial charge in [0.25, 0.3) is 0 Å². The van der Waals surface area contributed by atoms with Crippen LogP contribution in [0.2, 0.25) is 0 Å². The molecule has 0 amide bonds. The van der Waals surface area contributed by atoms with Gasteiger partial charge in [-0.2, -0.15) is 0 Å². The molecule has 0 aliphatic carbocycles. The van der Waals surface area contributed by atoms with Gasteiger partial charge in [-0.05, 0) is 19.4 Å². The van der Waals surface area contributed by atoms with Crippen molar-refractivity contribution in [2.75, 3.05) is 19.6 Å². The lowest BCUT2D eigenvalue weighted by atomic mass is 10.2. The van der Waals surface area contributed by atoms with Crippen LogP contribution in [0.15, 0.2) is 30.3 Å². The monoisotopic (exact) mass is 263 g/mol. The normalized spacial score (nSPS) is 24.1. The largest absolute Gasteiger partial charge is 0.460 e. The van der Waals surface area contributed by atoms with E-state index in [0.29, 0.717) is 13.2 Å². The highest BCUT2D eigenvalue weighted by atomic mass is 16.5. The average Bonchev–Trinajstić information content (AvgIpc) is 2.36. The molecule has 4 heteroatoms. The molecule has 1 fully saturated rings. The van der Waals surface area contributed by atoms with Crippen molar-refractivity contribution in [3.05, 3.63) is 35.9 Å². The van der Waals surface area contributed by atoms with Crippen LogP contribution in [0.5, 0.6) is 0 Å². The summed E-state index contributed by atoms with van der Waals surface area (Å²) in [6, 6.07) is 9.73. The third-order valence-electron chi connectivity index (χ3n) is 3.09. The lowest BCUT2D eigenvalue weighted by molar-refractivity contribution is -0.149. The van der Waals surface area contributed by atoms with Gasteiger partial charge in [-0.25, -0.2) is 0 Å². The second-order valence-corrected chi connectivity index (χ2v) is 5.10. The Morgan fingerprint density at radius 2 is 1.89 bits per heavy atom. The minimum absolute atomic E-state index is 0.172. The number of rotatable bonds is 4. The maximum atomic E-state index is 11.8. The van der Waals surface area contributed by atoms with E-state index < -0.39 is 0 Å². The number of hydrogen-bond donors (Lipinski definition) is 0. The molecule has 0 saturated carbocycles. The highest BCUT2D eigenvalue weighted by molar-refractivity contribution is 5.71. The number of benzene rings is 1. The molecule has 0 radical (unpaired) electrons. The number of nitrogens with zero attached hydrogens (tertiary/aromatic N) is 1. The van der Waals surface area contributed by atoms with Gasteiger partial charge >= 0.3 is 5.97 Å². The second-order valence-electron chi connectivity index (χ2n) is 5.10. The number of ether oxygens (including phenoxy) is 2. The lowest BCUT2D eigenvalue weighted by Gasteiger charge is -2.34. The number of esters is 1. The molecule has 1 aliphatic heterocycles. The molecular formula is C15H21NO3. The van der Waals surface area contributed by atoms with Crippen molar-refractivity contribution in [3.8, 4) is 0 Å². The van der Waals surface area contributed by atoms with Gasteiger partial charge in [0.15, 0.2) is 0 Å². The molecule has 1 aromatic carbocycles. The summed E-state index contributed by atoms with van der Waals surface area (Å²) in [6.45, 7) is 6.30. The number of carbonyl (C=O) groups excluding carboxylic acids is 1. The zero-order valence-electron chi connectivity index (χ0n) is 11.5.